The lowest BCUT2D eigenvalue weighted by Crippen LogP contribution is -1.96. The highest BCUT2D eigenvalue weighted by Gasteiger charge is 2.18. The third-order valence-electron chi connectivity index (χ3n) is 2.31. The summed E-state index contributed by atoms with van der Waals surface area (Å²) in [5, 5.41) is 12.3. The zero-order chi connectivity index (χ0) is 9.42. The average Bonchev–Trinajstić information content (AvgIpc) is 2.53. The van der Waals surface area contributed by atoms with Gasteiger partial charge in [0.1, 0.15) is 17.0 Å². The molecule has 0 unspecified atom stereocenters. The molecule has 0 atom stereocenters. The number of nitrogens with zero attached hydrogens (tertiary/aromatic N) is 2. The zero-order valence-electron chi connectivity index (χ0n) is 7.19. The molecule has 0 radical (unpaired) electrons. The molecule has 0 saturated carbocycles. The van der Waals surface area contributed by atoms with Gasteiger partial charge in [0.05, 0.1) is 5.56 Å². The number of aromatic nitrogens is 1. The Morgan fingerprint density at radius 2 is 2.38 bits per heavy atom. The van der Waals surface area contributed by atoms with Gasteiger partial charge in [-0.25, -0.2) is 4.98 Å². The number of rotatable bonds is 0. The Morgan fingerprint density at radius 1 is 1.62 bits per heavy atom. The number of hydrogen-bond acceptors (Lipinski definition) is 3. The van der Waals surface area contributed by atoms with Crippen LogP contribution in [0.5, 0.6) is 0 Å². The first-order valence-corrected chi connectivity index (χ1v) is 4.44. The van der Waals surface area contributed by atoms with Crippen molar-refractivity contribution in [3.05, 3.63) is 21.8 Å². The zero-order valence-corrected chi connectivity index (χ0v) is 7.94. The standard InChI is InChI=1S/C9H8ClN3/c1-5-6-2-3-12-9(6)13-8(10)7(5)4-11/h2-3H2,1H3,(H,12,13). The molecular weight excluding hydrogens is 186 g/mol. The first kappa shape index (κ1) is 8.33. The summed E-state index contributed by atoms with van der Waals surface area (Å²) in [6.45, 7) is 2.80. The molecule has 4 heteroatoms. The minimum Gasteiger partial charge on any atom is -0.369 e. The van der Waals surface area contributed by atoms with Gasteiger partial charge in [-0.1, -0.05) is 11.6 Å². The van der Waals surface area contributed by atoms with Gasteiger partial charge in [-0.3, -0.25) is 0 Å². The Bertz CT molecular complexity index is 406. The highest BCUT2D eigenvalue weighted by molar-refractivity contribution is 6.30. The Kier molecular flexibility index (Phi) is 1.86. The smallest absolute Gasteiger partial charge is 0.149 e. The van der Waals surface area contributed by atoms with Crippen molar-refractivity contribution in [3.8, 4) is 6.07 Å². The van der Waals surface area contributed by atoms with Gasteiger partial charge in [0, 0.05) is 12.1 Å². The number of halogens is 1. The van der Waals surface area contributed by atoms with E-state index in [2.05, 4.69) is 16.4 Å². The fourth-order valence-corrected chi connectivity index (χ4v) is 1.86. The Balaban J connectivity index is 2.71. The quantitative estimate of drug-likeness (QED) is 0.640. The summed E-state index contributed by atoms with van der Waals surface area (Å²) in [7, 11) is 0. The Hall–Kier alpha value is -1.27. The molecule has 0 aliphatic carbocycles. The van der Waals surface area contributed by atoms with Crippen molar-refractivity contribution >= 4 is 17.4 Å². The van der Waals surface area contributed by atoms with Gasteiger partial charge in [-0.2, -0.15) is 5.26 Å². The molecule has 0 bridgehead atoms. The lowest BCUT2D eigenvalue weighted by molar-refractivity contribution is 1.09. The first-order chi connectivity index (χ1) is 6.24. The number of anilines is 1. The summed E-state index contributed by atoms with van der Waals surface area (Å²) in [5.41, 5.74) is 2.59. The van der Waals surface area contributed by atoms with Crippen LogP contribution in [-0.4, -0.2) is 11.5 Å². The molecule has 0 aromatic carbocycles. The molecule has 13 heavy (non-hydrogen) atoms. The highest BCUT2D eigenvalue weighted by atomic mass is 35.5. The fraction of sp³-hybridized carbons (Fsp3) is 0.333. The Morgan fingerprint density at radius 3 is 3.08 bits per heavy atom. The van der Waals surface area contributed by atoms with E-state index < -0.39 is 0 Å². The molecule has 2 rings (SSSR count). The van der Waals surface area contributed by atoms with E-state index >= 15 is 0 Å². The van der Waals surface area contributed by atoms with E-state index in [9.17, 15) is 0 Å². The van der Waals surface area contributed by atoms with Gasteiger partial charge in [0.25, 0.3) is 0 Å². The molecule has 0 spiro atoms. The topological polar surface area (TPSA) is 48.7 Å². The number of fused-ring (bicyclic) bond motifs is 1. The predicted octanol–water partition coefficient (Wildman–Crippen LogP) is 1.88. The largest absolute Gasteiger partial charge is 0.369 e. The van der Waals surface area contributed by atoms with Crippen LogP contribution in [0.1, 0.15) is 16.7 Å². The molecule has 66 valence electrons. The third kappa shape index (κ3) is 1.14. The molecule has 1 N–H and O–H groups in total. The molecule has 1 aliphatic heterocycles. The van der Waals surface area contributed by atoms with Crippen molar-refractivity contribution in [2.75, 3.05) is 11.9 Å². The maximum Gasteiger partial charge on any atom is 0.149 e. The second kappa shape index (κ2) is 2.90. The number of hydrogen-bond donors (Lipinski definition) is 1. The van der Waals surface area contributed by atoms with E-state index in [4.69, 9.17) is 16.9 Å². The molecular formula is C9H8ClN3. The van der Waals surface area contributed by atoms with Gasteiger partial charge in [-0.15, -0.1) is 0 Å². The molecule has 1 aromatic heterocycles. The fourth-order valence-electron chi connectivity index (χ4n) is 1.59. The van der Waals surface area contributed by atoms with E-state index in [1.54, 1.807) is 0 Å². The van der Waals surface area contributed by atoms with Crippen molar-refractivity contribution in [2.45, 2.75) is 13.3 Å². The molecule has 0 saturated heterocycles. The average molecular weight is 194 g/mol. The van der Waals surface area contributed by atoms with E-state index in [1.165, 1.54) is 0 Å². The Labute approximate surface area is 81.4 Å². The summed E-state index contributed by atoms with van der Waals surface area (Å²) >= 11 is 5.84. The molecule has 0 amide bonds. The van der Waals surface area contributed by atoms with Crippen molar-refractivity contribution < 1.29 is 0 Å². The van der Waals surface area contributed by atoms with Crippen molar-refractivity contribution in [1.82, 2.24) is 4.98 Å². The summed E-state index contributed by atoms with van der Waals surface area (Å²) in [6.07, 6.45) is 0.931. The van der Waals surface area contributed by atoms with Crippen molar-refractivity contribution in [1.29, 1.82) is 5.26 Å². The summed E-state index contributed by atoms with van der Waals surface area (Å²) < 4.78 is 0. The SMILES string of the molecule is Cc1c(C#N)c(Cl)nc2c1CCN2. The monoisotopic (exact) mass is 193 g/mol. The van der Waals surface area contributed by atoms with Crippen LogP contribution in [0.25, 0.3) is 0 Å². The normalized spacial score (nSPS) is 13.3. The number of pyridine rings is 1. The van der Waals surface area contributed by atoms with E-state index in [0.717, 1.165) is 29.9 Å². The minimum absolute atomic E-state index is 0.299. The maximum absolute atomic E-state index is 8.84. The molecule has 1 aliphatic rings. The van der Waals surface area contributed by atoms with Crippen LogP contribution < -0.4 is 5.32 Å². The van der Waals surface area contributed by atoms with Crippen molar-refractivity contribution in [2.24, 2.45) is 0 Å². The van der Waals surface area contributed by atoms with Crippen LogP contribution in [0.2, 0.25) is 5.15 Å². The van der Waals surface area contributed by atoms with E-state index in [1.807, 2.05) is 6.92 Å². The lowest BCUT2D eigenvalue weighted by atomic mass is 10.1. The molecule has 1 aromatic rings. The van der Waals surface area contributed by atoms with Gasteiger partial charge in [0.2, 0.25) is 0 Å². The van der Waals surface area contributed by atoms with Gasteiger partial charge >= 0.3 is 0 Å². The van der Waals surface area contributed by atoms with Gasteiger partial charge in [-0.05, 0) is 18.9 Å². The lowest BCUT2D eigenvalue weighted by Gasteiger charge is -2.05. The van der Waals surface area contributed by atoms with Crippen LogP contribution in [0.15, 0.2) is 0 Å². The summed E-state index contributed by atoms with van der Waals surface area (Å²) in [4.78, 5) is 4.12. The van der Waals surface area contributed by atoms with E-state index in [-0.39, 0.29) is 0 Å². The highest BCUT2D eigenvalue weighted by Crippen LogP contribution is 2.29. The summed E-state index contributed by atoms with van der Waals surface area (Å²) in [6, 6.07) is 2.07. The van der Waals surface area contributed by atoms with Crippen LogP contribution in [0, 0.1) is 18.3 Å². The number of nitriles is 1. The third-order valence-corrected chi connectivity index (χ3v) is 2.58. The molecule has 2 heterocycles. The van der Waals surface area contributed by atoms with Crippen molar-refractivity contribution in [3.63, 3.8) is 0 Å². The predicted molar refractivity (Wildman–Crippen MR) is 50.9 cm³/mol. The second-order valence-corrected chi connectivity index (χ2v) is 3.38. The van der Waals surface area contributed by atoms with Crippen LogP contribution >= 0.6 is 11.6 Å². The minimum atomic E-state index is 0.299. The van der Waals surface area contributed by atoms with Gasteiger partial charge in [0.15, 0.2) is 0 Å². The maximum atomic E-state index is 8.84. The molecule has 3 nitrogen and oxygen atoms in total. The van der Waals surface area contributed by atoms with E-state index in [0.29, 0.717) is 10.7 Å². The second-order valence-electron chi connectivity index (χ2n) is 3.02. The summed E-state index contributed by atoms with van der Waals surface area (Å²) in [5.74, 6) is 0.835. The van der Waals surface area contributed by atoms with Crippen LogP contribution in [-0.2, 0) is 6.42 Å². The van der Waals surface area contributed by atoms with Crippen LogP contribution in [0.3, 0.4) is 0 Å². The van der Waals surface area contributed by atoms with Crippen LogP contribution in [0.4, 0.5) is 5.82 Å². The number of nitrogens with one attached hydrogen (secondary N) is 1. The first-order valence-electron chi connectivity index (χ1n) is 4.07. The van der Waals surface area contributed by atoms with Gasteiger partial charge < -0.3 is 5.32 Å². The molecule has 0 fully saturated rings.